The Labute approximate surface area is 144 Å². The van der Waals surface area contributed by atoms with Gasteiger partial charge in [0.1, 0.15) is 5.82 Å². The highest BCUT2D eigenvalue weighted by Crippen LogP contribution is 2.19. The Morgan fingerprint density at radius 1 is 1.17 bits per heavy atom. The fourth-order valence-corrected chi connectivity index (χ4v) is 2.29. The molecule has 0 heterocycles. The minimum atomic E-state index is -0.724. The van der Waals surface area contributed by atoms with Crippen LogP contribution in [0.5, 0.6) is 0 Å². The molecule has 1 amide bonds. The van der Waals surface area contributed by atoms with Crippen LogP contribution in [0.25, 0.3) is 0 Å². The number of carbonyl (C=O) groups excluding carboxylic acids is 2. The van der Waals surface area contributed by atoms with Crippen LogP contribution in [-0.2, 0) is 27.2 Å². The van der Waals surface area contributed by atoms with Crippen molar-refractivity contribution < 1.29 is 18.7 Å². The van der Waals surface area contributed by atoms with Gasteiger partial charge < -0.3 is 10.1 Å². The topological polar surface area (TPSA) is 55.4 Å². The first-order chi connectivity index (χ1) is 11.5. The highest BCUT2D eigenvalue weighted by atomic mass is 35.5. The van der Waals surface area contributed by atoms with Gasteiger partial charge in [-0.05, 0) is 36.2 Å². The van der Waals surface area contributed by atoms with Gasteiger partial charge in [-0.2, -0.15) is 0 Å². The highest BCUT2D eigenvalue weighted by molar-refractivity contribution is 6.31. The lowest BCUT2D eigenvalue weighted by atomic mass is 10.1. The molecule has 2 rings (SSSR count). The van der Waals surface area contributed by atoms with E-state index >= 15 is 0 Å². The smallest absolute Gasteiger partial charge is 0.310 e. The van der Waals surface area contributed by atoms with Crippen LogP contribution in [0.4, 0.5) is 10.1 Å². The maximum Gasteiger partial charge on any atom is 0.310 e. The summed E-state index contributed by atoms with van der Waals surface area (Å²) in [5.41, 5.74) is 1.83. The second-order valence-corrected chi connectivity index (χ2v) is 5.54. The Balaban J connectivity index is 1.83. The summed E-state index contributed by atoms with van der Waals surface area (Å²) in [5, 5.41) is 2.76. The summed E-state index contributed by atoms with van der Waals surface area (Å²) >= 11 is 5.84. The number of rotatable bonds is 6. The zero-order valence-corrected chi connectivity index (χ0v) is 13.9. The molecule has 0 bridgehead atoms. The standard InChI is InChI=1S/C18H17ClFNO3/c1-2-12-6-8-13(9-7-12)21-17(22)11-24-18(23)10-14-15(19)4-3-5-16(14)20/h3-9H,2,10-11H2,1H3,(H,21,22). The number of carbonyl (C=O) groups is 2. The second kappa shape index (κ2) is 8.45. The quantitative estimate of drug-likeness (QED) is 0.808. The van der Waals surface area contributed by atoms with E-state index < -0.39 is 24.3 Å². The lowest BCUT2D eigenvalue weighted by Gasteiger charge is -2.08. The minimum Gasteiger partial charge on any atom is -0.455 e. The molecule has 2 aromatic rings. The van der Waals surface area contributed by atoms with Crippen molar-refractivity contribution in [3.63, 3.8) is 0 Å². The summed E-state index contributed by atoms with van der Waals surface area (Å²) in [6, 6.07) is 11.5. The molecule has 0 fully saturated rings. The molecule has 1 N–H and O–H groups in total. The molecule has 0 saturated carbocycles. The average molecular weight is 350 g/mol. The van der Waals surface area contributed by atoms with Crippen LogP contribution in [0.15, 0.2) is 42.5 Å². The van der Waals surface area contributed by atoms with Crippen molar-refractivity contribution in [2.45, 2.75) is 19.8 Å². The van der Waals surface area contributed by atoms with Crippen LogP contribution in [0.3, 0.4) is 0 Å². The fraction of sp³-hybridized carbons (Fsp3) is 0.222. The van der Waals surface area contributed by atoms with Gasteiger partial charge in [-0.15, -0.1) is 0 Å². The van der Waals surface area contributed by atoms with Crippen LogP contribution in [0.1, 0.15) is 18.1 Å². The van der Waals surface area contributed by atoms with Gasteiger partial charge in [0.05, 0.1) is 6.42 Å². The van der Waals surface area contributed by atoms with Gasteiger partial charge in [-0.3, -0.25) is 9.59 Å². The van der Waals surface area contributed by atoms with Crippen LogP contribution in [-0.4, -0.2) is 18.5 Å². The van der Waals surface area contributed by atoms with Crippen molar-refractivity contribution in [1.29, 1.82) is 0 Å². The molecule has 0 spiro atoms. The molecule has 0 aliphatic rings. The van der Waals surface area contributed by atoms with E-state index in [2.05, 4.69) is 5.32 Å². The lowest BCUT2D eigenvalue weighted by Crippen LogP contribution is -2.21. The molecule has 6 heteroatoms. The Bertz CT molecular complexity index is 711. The van der Waals surface area contributed by atoms with E-state index in [9.17, 15) is 14.0 Å². The van der Waals surface area contributed by atoms with E-state index in [1.165, 1.54) is 18.2 Å². The normalized spacial score (nSPS) is 10.3. The molecule has 0 saturated heterocycles. The van der Waals surface area contributed by atoms with Gasteiger partial charge in [0.2, 0.25) is 0 Å². The monoisotopic (exact) mass is 349 g/mol. The molecule has 2 aromatic carbocycles. The summed E-state index contributed by atoms with van der Waals surface area (Å²) in [6.45, 7) is 1.59. The van der Waals surface area contributed by atoms with Gasteiger partial charge >= 0.3 is 5.97 Å². The zero-order valence-electron chi connectivity index (χ0n) is 13.1. The maximum atomic E-state index is 13.6. The van der Waals surface area contributed by atoms with E-state index in [0.717, 1.165) is 12.0 Å². The van der Waals surface area contributed by atoms with E-state index in [4.69, 9.17) is 16.3 Å². The van der Waals surface area contributed by atoms with Crippen molar-refractivity contribution in [3.05, 3.63) is 64.4 Å². The van der Waals surface area contributed by atoms with Crippen molar-refractivity contribution in [2.24, 2.45) is 0 Å². The number of hydrogen-bond acceptors (Lipinski definition) is 3. The van der Waals surface area contributed by atoms with E-state index in [1.807, 2.05) is 19.1 Å². The predicted molar refractivity (Wildman–Crippen MR) is 90.5 cm³/mol. The molecule has 24 heavy (non-hydrogen) atoms. The zero-order chi connectivity index (χ0) is 17.5. The van der Waals surface area contributed by atoms with E-state index in [1.54, 1.807) is 12.1 Å². The highest BCUT2D eigenvalue weighted by Gasteiger charge is 2.14. The third kappa shape index (κ3) is 5.06. The van der Waals surface area contributed by atoms with Crippen LogP contribution < -0.4 is 5.32 Å². The molecular formula is C18H17ClFNO3. The summed E-state index contributed by atoms with van der Waals surface area (Å²) in [5.74, 6) is -1.77. The Kier molecular flexibility index (Phi) is 6.32. The first-order valence-corrected chi connectivity index (χ1v) is 7.84. The van der Waals surface area contributed by atoms with Crippen LogP contribution >= 0.6 is 11.6 Å². The SMILES string of the molecule is CCc1ccc(NC(=O)COC(=O)Cc2c(F)cccc2Cl)cc1. The molecule has 0 unspecified atom stereocenters. The fourth-order valence-electron chi connectivity index (χ4n) is 2.06. The second-order valence-electron chi connectivity index (χ2n) is 5.14. The third-order valence-corrected chi connectivity index (χ3v) is 3.75. The Hall–Kier alpha value is -2.40. The van der Waals surface area contributed by atoms with Crippen molar-refractivity contribution in [1.82, 2.24) is 0 Å². The number of esters is 1. The molecule has 0 radical (unpaired) electrons. The molecule has 0 aromatic heterocycles. The number of nitrogens with one attached hydrogen (secondary N) is 1. The average Bonchev–Trinajstić information content (AvgIpc) is 2.57. The number of amides is 1. The minimum absolute atomic E-state index is 0.0553. The lowest BCUT2D eigenvalue weighted by molar-refractivity contribution is -0.146. The first-order valence-electron chi connectivity index (χ1n) is 7.47. The summed E-state index contributed by atoms with van der Waals surface area (Å²) < 4.78 is 18.4. The van der Waals surface area contributed by atoms with Gasteiger partial charge in [-0.1, -0.05) is 36.7 Å². The van der Waals surface area contributed by atoms with Gasteiger partial charge in [0.15, 0.2) is 6.61 Å². The first kappa shape index (κ1) is 17.9. The van der Waals surface area contributed by atoms with Gasteiger partial charge in [0, 0.05) is 16.3 Å². The number of halogens is 2. The molecule has 126 valence electrons. The third-order valence-electron chi connectivity index (χ3n) is 3.39. The number of benzene rings is 2. The summed E-state index contributed by atoms with van der Waals surface area (Å²) in [4.78, 5) is 23.5. The largest absolute Gasteiger partial charge is 0.455 e. The molecule has 0 aliphatic carbocycles. The van der Waals surface area contributed by atoms with E-state index in [0.29, 0.717) is 5.69 Å². The molecule has 0 aliphatic heterocycles. The Morgan fingerprint density at radius 2 is 1.88 bits per heavy atom. The van der Waals surface area contributed by atoms with Crippen molar-refractivity contribution >= 4 is 29.2 Å². The van der Waals surface area contributed by atoms with Gasteiger partial charge in [-0.25, -0.2) is 4.39 Å². The molecule has 4 nitrogen and oxygen atoms in total. The Morgan fingerprint density at radius 3 is 2.50 bits per heavy atom. The maximum absolute atomic E-state index is 13.6. The van der Waals surface area contributed by atoms with Crippen molar-refractivity contribution in [3.8, 4) is 0 Å². The summed E-state index contributed by atoms with van der Waals surface area (Å²) in [7, 11) is 0. The molecule has 0 atom stereocenters. The van der Waals surface area contributed by atoms with Gasteiger partial charge in [0.25, 0.3) is 5.91 Å². The van der Waals surface area contributed by atoms with Crippen LogP contribution in [0.2, 0.25) is 5.02 Å². The number of hydrogen-bond donors (Lipinski definition) is 1. The number of anilines is 1. The van der Waals surface area contributed by atoms with Crippen molar-refractivity contribution in [2.75, 3.05) is 11.9 Å². The predicted octanol–water partition coefficient (Wildman–Crippen LogP) is 3.77. The number of ether oxygens (including phenoxy) is 1. The molecular weight excluding hydrogens is 333 g/mol. The summed E-state index contributed by atoms with van der Waals surface area (Å²) in [6.07, 6.45) is 0.578. The van der Waals surface area contributed by atoms with E-state index in [-0.39, 0.29) is 17.0 Å². The number of aryl methyl sites for hydroxylation is 1. The van der Waals surface area contributed by atoms with Crippen LogP contribution in [0, 0.1) is 5.82 Å².